The molecule has 102 heavy (non-hydrogen) atoms. The van der Waals surface area contributed by atoms with E-state index in [1.54, 1.807) is 49.1 Å². The molecule has 0 radical (unpaired) electrons. The van der Waals surface area contributed by atoms with E-state index in [0.717, 1.165) is 0 Å². The molecule has 564 valence electrons. The quantitative estimate of drug-likeness (QED) is 0.0223. The second kappa shape index (κ2) is 38.5. The number of ether oxygens (including phenoxy) is 2. The van der Waals surface area contributed by atoms with Gasteiger partial charge in [0.1, 0.15) is 12.7 Å². The Morgan fingerprint density at radius 1 is 0.569 bits per heavy atom. The summed E-state index contributed by atoms with van der Waals surface area (Å²) in [6, 6.07) is 24.3. The van der Waals surface area contributed by atoms with Crippen LogP contribution in [0.25, 0.3) is 22.3 Å². The summed E-state index contributed by atoms with van der Waals surface area (Å²) in [5.41, 5.74) is 3.01. The van der Waals surface area contributed by atoms with Gasteiger partial charge in [-0.3, -0.25) is 18.7 Å². The molecule has 0 spiro atoms. The SMILES string of the molecule is C.CC(C)N(C(C)C)P(OCCC#N)N(C(C)C)C(C)C.CC(C)N(C(C)C)P(OCCC#N)OC[C@H]1O[C@@H](n2cnc3c(NC(=O)c4ccccc4)ncnc32)[C@H](O[Si](C)(C)C(C)(C)C)[C@@H]1C.C[C@H]1[C@@H](O[Si](C)(C)C(C)(C)C)[C@H](n2cnc3c(NC(=O)c4ccccc4)ncnc32)O[C@@H]1CO. The Morgan fingerprint density at radius 3 is 1.28 bits per heavy atom. The fraction of sp³-hybridized carbons (Fsp3) is 0.644. The van der Waals surface area contributed by atoms with Gasteiger partial charge < -0.3 is 47.6 Å². The molecular formula is C73H119N15O10P2Si2. The molecule has 0 saturated carbocycles. The number of nitriles is 2. The van der Waals surface area contributed by atoms with Crippen LogP contribution in [-0.4, -0.2) is 174 Å². The van der Waals surface area contributed by atoms with Crippen LogP contribution >= 0.6 is 17.0 Å². The van der Waals surface area contributed by atoms with Crippen molar-refractivity contribution in [3.63, 3.8) is 0 Å². The van der Waals surface area contributed by atoms with Crippen molar-refractivity contribution in [3.8, 4) is 12.1 Å². The lowest BCUT2D eigenvalue weighted by Crippen LogP contribution is -2.46. The minimum Gasteiger partial charge on any atom is -0.409 e. The zero-order chi connectivity index (χ0) is 75.1. The third kappa shape index (κ3) is 22.0. The van der Waals surface area contributed by atoms with E-state index in [-0.39, 0.29) is 97.3 Å². The molecule has 0 aliphatic carbocycles. The first-order chi connectivity index (χ1) is 47.4. The summed E-state index contributed by atoms with van der Waals surface area (Å²) in [5.74, 6) is 0.00372. The van der Waals surface area contributed by atoms with Crippen molar-refractivity contribution in [1.29, 1.82) is 10.5 Å². The van der Waals surface area contributed by atoms with Gasteiger partial charge in [-0.2, -0.15) is 10.5 Å². The van der Waals surface area contributed by atoms with Crippen molar-refractivity contribution in [2.45, 2.75) is 268 Å². The predicted molar refractivity (Wildman–Crippen MR) is 412 cm³/mol. The number of carbonyl (C=O) groups is 2. The number of imidazole rings is 2. The monoisotopic (exact) mass is 1480 g/mol. The van der Waals surface area contributed by atoms with Crippen LogP contribution in [0.1, 0.15) is 192 Å². The highest BCUT2D eigenvalue weighted by atomic mass is 31.2. The maximum absolute atomic E-state index is 13.0. The van der Waals surface area contributed by atoms with Crippen LogP contribution in [0.5, 0.6) is 0 Å². The number of anilines is 2. The van der Waals surface area contributed by atoms with E-state index in [1.165, 1.54) is 12.7 Å². The standard InChI is InChI=1S/C33H50N7O5PSi.C24H33N5O4Si.C15H32N3OP.CH4/c1-22(2)40(23(3)4)46(42-18-14-17-34)43-19-26-24(5)28(45-47(9,10)33(6,7)8)32(44-26)39-21-37-27-29(35-20-36-30(27)39)38-31(41)25-15-12-11-13-16-25;1-15-17(12-30)32-23(19(15)33-34(5,6)24(2,3)4)29-14-27-18-20(25-13-26-21(18)29)28-22(31)16-10-8-7-9-11-16;1-12(2)17(13(3)4)20(19-11-9-10-16)18(14(5)6)15(7)8;/h11-13,15-16,20-24,26,28,32H,14,18-19H2,1-10H3,(H,35,36,38,41);7-11,13-15,17,19,23,30H,12H2,1-6H3,(H,25,26,28,31);12-15H,9,11H2,1-8H3;1H4/t24-,26-,28-,32-,46?;15-,17-,19-,23-;;/m11../s1. The Kier molecular flexibility index (Phi) is 32.9. The third-order valence-electron chi connectivity index (χ3n) is 18.8. The molecule has 2 aromatic carbocycles. The number of fused-ring (bicyclic) bond motifs is 2. The van der Waals surface area contributed by atoms with Crippen LogP contribution in [0.2, 0.25) is 36.3 Å². The van der Waals surface area contributed by atoms with E-state index in [2.05, 4.69) is 224 Å². The summed E-state index contributed by atoms with van der Waals surface area (Å²) in [5, 5.41) is 33.5. The number of hydrogen-bond donors (Lipinski definition) is 3. The van der Waals surface area contributed by atoms with Gasteiger partial charge in [-0.05, 0) is 144 Å². The number of rotatable bonds is 29. The number of aliphatic hydroxyl groups is 1. The normalized spacial score (nSPS) is 20.0. The molecule has 8 rings (SSSR count). The largest absolute Gasteiger partial charge is 0.409 e. The first-order valence-electron chi connectivity index (χ1n) is 35.4. The van der Waals surface area contributed by atoms with Crippen molar-refractivity contribution in [1.82, 2.24) is 53.0 Å². The van der Waals surface area contributed by atoms with Gasteiger partial charge in [0.05, 0.1) is 88.5 Å². The van der Waals surface area contributed by atoms with Gasteiger partial charge >= 0.3 is 0 Å². The summed E-state index contributed by atoms with van der Waals surface area (Å²) in [7, 11) is -6.66. The first kappa shape index (κ1) is 87.0. The molecule has 2 aliphatic rings. The van der Waals surface area contributed by atoms with Crippen LogP contribution in [-0.2, 0) is 31.9 Å². The molecule has 3 N–H and O–H groups in total. The average molecular weight is 1480 g/mol. The molecule has 4 aromatic heterocycles. The van der Waals surface area contributed by atoms with E-state index in [4.69, 9.17) is 42.4 Å². The van der Waals surface area contributed by atoms with Crippen LogP contribution in [0.4, 0.5) is 11.6 Å². The number of benzene rings is 2. The summed E-state index contributed by atoms with van der Waals surface area (Å²) >= 11 is 0. The summed E-state index contributed by atoms with van der Waals surface area (Å²) < 4.78 is 56.5. The van der Waals surface area contributed by atoms with Gasteiger partial charge in [0.25, 0.3) is 20.3 Å². The van der Waals surface area contributed by atoms with Crippen LogP contribution < -0.4 is 10.6 Å². The highest BCUT2D eigenvalue weighted by molar-refractivity contribution is 7.47. The molecule has 2 saturated heterocycles. The Balaban J connectivity index is 0.000000298. The Bertz CT molecular complexity index is 3610. The van der Waals surface area contributed by atoms with Crippen molar-refractivity contribution in [2.24, 2.45) is 11.8 Å². The predicted octanol–water partition coefficient (Wildman–Crippen LogP) is 16.3. The Morgan fingerprint density at radius 2 is 0.931 bits per heavy atom. The summed E-state index contributed by atoms with van der Waals surface area (Å²) in [6.07, 6.45) is 4.50. The molecule has 25 nitrogen and oxygen atoms in total. The second-order valence-electron chi connectivity index (χ2n) is 30.4. The van der Waals surface area contributed by atoms with E-state index in [9.17, 15) is 14.7 Å². The molecule has 1 unspecified atom stereocenters. The zero-order valence-corrected chi connectivity index (χ0v) is 68.0. The van der Waals surface area contributed by atoms with Gasteiger partial charge in [0.15, 0.2) is 71.5 Å². The molecule has 9 atom stereocenters. The lowest BCUT2D eigenvalue weighted by Gasteiger charge is -2.45. The van der Waals surface area contributed by atoms with Crippen LogP contribution in [0.3, 0.4) is 0 Å². The highest BCUT2D eigenvalue weighted by Crippen LogP contribution is 2.52. The molecule has 2 aliphatic heterocycles. The van der Waals surface area contributed by atoms with Gasteiger partial charge in [0.2, 0.25) is 0 Å². The number of aliphatic hydroxyl groups excluding tert-OH is 1. The fourth-order valence-electron chi connectivity index (χ4n) is 11.6. The number of aromatic nitrogens is 8. The van der Waals surface area contributed by atoms with E-state index >= 15 is 0 Å². The van der Waals surface area contributed by atoms with Crippen molar-refractivity contribution < 1.29 is 46.6 Å². The average Bonchev–Trinajstić information content (AvgIpc) is 1.62. The Hall–Kier alpha value is -5.69. The summed E-state index contributed by atoms with van der Waals surface area (Å²) in [4.78, 5) is 52.4. The van der Waals surface area contributed by atoms with Crippen molar-refractivity contribution in [3.05, 3.63) is 97.1 Å². The number of carbonyl (C=O) groups excluding carboxylic acids is 2. The number of amides is 2. The van der Waals surface area contributed by atoms with E-state index in [1.807, 2.05) is 40.3 Å². The minimum absolute atomic E-state index is 0. The van der Waals surface area contributed by atoms with Crippen LogP contribution in [0, 0.1) is 34.5 Å². The highest BCUT2D eigenvalue weighted by Gasteiger charge is 2.52. The molecule has 29 heteroatoms. The molecule has 0 bridgehead atoms. The van der Waals surface area contributed by atoms with E-state index < -0.39 is 46.1 Å². The number of hydrogen-bond acceptors (Lipinski definition) is 21. The maximum atomic E-state index is 13.0. The zero-order valence-electron chi connectivity index (χ0n) is 64.2. The molecule has 6 aromatic rings. The van der Waals surface area contributed by atoms with Gasteiger partial charge in [0, 0.05) is 59.2 Å². The van der Waals surface area contributed by atoms with Crippen molar-refractivity contribution in [2.75, 3.05) is 37.1 Å². The molecule has 2 fully saturated rings. The minimum atomic E-state index is -2.25. The summed E-state index contributed by atoms with van der Waals surface area (Å²) in [6.45, 7) is 53.4. The first-order valence-corrected chi connectivity index (χ1v) is 43.5. The Labute approximate surface area is 612 Å². The van der Waals surface area contributed by atoms with Gasteiger partial charge in [-0.15, -0.1) is 0 Å². The number of nitrogens with zero attached hydrogens (tertiary/aromatic N) is 13. The molecule has 6 heterocycles. The van der Waals surface area contributed by atoms with Crippen molar-refractivity contribution >= 4 is 79.4 Å². The maximum Gasteiger partial charge on any atom is 0.259 e. The number of nitrogens with one attached hydrogen (secondary N) is 2. The third-order valence-corrected chi connectivity index (χ3v) is 32.9. The van der Waals surface area contributed by atoms with Gasteiger partial charge in [-0.1, -0.05) is 99.2 Å². The lowest BCUT2D eigenvalue weighted by atomic mass is 10.0. The topological polar surface area (TPSA) is 288 Å². The fourth-order valence-corrected chi connectivity index (χ4v) is 18.3. The van der Waals surface area contributed by atoms with E-state index in [0.29, 0.717) is 88.9 Å². The van der Waals surface area contributed by atoms with Gasteiger partial charge in [-0.25, -0.2) is 43.9 Å². The molecule has 2 amide bonds. The lowest BCUT2D eigenvalue weighted by molar-refractivity contribution is -0.0467. The smallest absolute Gasteiger partial charge is 0.259 e. The second-order valence-corrected chi connectivity index (χ2v) is 43.1. The van der Waals surface area contributed by atoms with Crippen LogP contribution in [0.15, 0.2) is 86.0 Å². The molecular weight excluding hydrogens is 1370 g/mol.